The molecule has 1 N–H and O–H groups in total. The van der Waals surface area contributed by atoms with E-state index < -0.39 is 15.9 Å². The van der Waals surface area contributed by atoms with Crippen LogP contribution in [0.4, 0.5) is 5.69 Å². The minimum atomic E-state index is -3.67. The van der Waals surface area contributed by atoms with Crippen LogP contribution in [0.1, 0.15) is 24.2 Å². The lowest BCUT2D eigenvalue weighted by molar-refractivity contribution is 0.102. The number of halogens is 1. The lowest BCUT2D eigenvalue weighted by atomic mass is 10.1. The van der Waals surface area contributed by atoms with Gasteiger partial charge in [0, 0.05) is 13.1 Å². The summed E-state index contributed by atoms with van der Waals surface area (Å²) in [4.78, 5) is 12.7. The summed E-state index contributed by atoms with van der Waals surface area (Å²) in [5.74, 6) is 0.348. The SMILES string of the molecule is CCN(CC)S(=O)(=O)c1ccc(Cl)c(NC(=O)c2cccc3c2OCO3)c1. The molecule has 0 saturated carbocycles. The van der Waals surface area contributed by atoms with Crippen molar-refractivity contribution in [2.75, 3.05) is 25.2 Å². The molecule has 1 heterocycles. The number of carbonyl (C=O) groups is 1. The molecule has 0 aliphatic carbocycles. The second-order valence-electron chi connectivity index (χ2n) is 5.72. The molecule has 27 heavy (non-hydrogen) atoms. The Morgan fingerprint density at radius 3 is 2.63 bits per heavy atom. The molecule has 2 aromatic rings. The van der Waals surface area contributed by atoms with E-state index in [4.69, 9.17) is 21.1 Å². The van der Waals surface area contributed by atoms with Crippen LogP contribution >= 0.6 is 11.6 Å². The van der Waals surface area contributed by atoms with Crippen molar-refractivity contribution in [2.45, 2.75) is 18.7 Å². The van der Waals surface area contributed by atoms with Gasteiger partial charge < -0.3 is 14.8 Å². The first-order chi connectivity index (χ1) is 12.9. The quantitative estimate of drug-likeness (QED) is 0.789. The van der Waals surface area contributed by atoms with E-state index in [0.717, 1.165) is 0 Å². The van der Waals surface area contributed by atoms with Crippen LogP contribution in [-0.4, -0.2) is 38.5 Å². The summed E-state index contributed by atoms with van der Waals surface area (Å²) in [7, 11) is -3.67. The first-order valence-electron chi connectivity index (χ1n) is 8.38. The number of carbonyl (C=O) groups excluding carboxylic acids is 1. The number of hydrogen-bond donors (Lipinski definition) is 1. The molecule has 1 aliphatic rings. The Morgan fingerprint density at radius 1 is 1.19 bits per heavy atom. The summed E-state index contributed by atoms with van der Waals surface area (Å²) in [5.41, 5.74) is 0.476. The summed E-state index contributed by atoms with van der Waals surface area (Å²) >= 11 is 6.16. The number of nitrogens with one attached hydrogen (secondary N) is 1. The lowest BCUT2D eigenvalue weighted by Gasteiger charge is -2.19. The van der Waals surface area contributed by atoms with Crippen molar-refractivity contribution < 1.29 is 22.7 Å². The van der Waals surface area contributed by atoms with Gasteiger partial charge >= 0.3 is 0 Å². The second kappa shape index (κ2) is 7.75. The molecule has 0 saturated heterocycles. The molecule has 0 spiro atoms. The number of fused-ring (bicyclic) bond motifs is 1. The molecule has 1 aliphatic heterocycles. The molecule has 0 bridgehead atoms. The van der Waals surface area contributed by atoms with Gasteiger partial charge in [-0.05, 0) is 30.3 Å². The number of sulfonamides is 1. The van der Waals surface area contributed by atoms with Crippen molar-refractivity contribution in [2.24, 2.45) is 0 Å². The van der Waals surface area contributed by atoms with Gasteiger partial charge in [0.15, 0.2) is 11.5 Å². The fraction of sp³-hybridized carbons (Fsp3) is 0.278. The minimum Gasteiger partial charge on any atom is -0.454 e. The van der Waals surface area contributed by atoms with E-state index in [2.05, 4.69) is 5.32 Å². The highest BCUT2D eigenvalue weighted by Gasteiger charge is 2.25. The maximum absolute atomic E-state index is 12.7. The first-order valence-corrected chi connectivity index (χ1v) is 10.2. The molecule has 0 unspecified atom stereocenters. The van der Waals surface area contributed by atoms with Gasteiger partial charge in [0.25, 0.3) is 5.91 Å². The summed E-state index contributed by atoms with van der Waals surface area (Å²) < 4.78 is 37.3. The van der Waals surface area contributed by atoms with Gasteiger partial charge in [-0.2, -0.15) is 4.31 Å². The Labute approximate surface area is 162 Å². The molecule has 0 fully saturated rings. The molecular formula is C18H19ClN2O5S. The van der Waals surface area contributed by atoms with Gasteiger partial charge in [-0.15, -0.1) is 0 Å². The summed E-state index contributed by atoms with van der Waals surface area (Å²) in [5, 5.41) is 2.88. The van der Waals surface area contributed by atoms with E-state index in [1.54, 1.807) is 32.0 Å². The summed E-state index contributed by atoms with van der Waals surface area (Å²) in [6.45, 7) is 4.25. The number of hydrogen-bond acceptors (Lipinski definition) is 5. The molecule has 0 atom stereocenters. The van der Waals surface area contributed by atoms with Crippen molar-refractivity contribution in [1.82, 2.24) is 4.31 Å². The standard InChI is InChI=1S/C18H19ClN2O5S/c1-3-21(4-2)27(23,24)12-8-9-14(19)15(10-12)20-18(22)13-6-5-7-16-17(13)26-11-25-16/h5-10H,3-4,11H2,1-2H3,(H,20,22). The van der Waals surface area contributed by atoms with Gasteiger partial charge in [-0.3, -0.25) is 4.79 Å². The largest absolute Gasteiger partial charge is 0.454 e. The first kappa shape index (κ1) is 19.5. The normalized spacial score (nSPS) is 13.0. The van der Waals surface area contributed by atoms with Gasteiger partial charge in [0.1, 0.15) is 0 Å². The van der Waals surface area contributed by atoms with Crippen LogP contribution in [0.25, 0.3) is 0 Å². The van der Waals surface area contributed by atoms with Gasteiger partial charge in [0.05, 0.1) is 21.2 Å². The Kier molecular flexibility index (Phi) is 5.59. The number of benzene rings is 2. The van der Waals surface area contributed by atoms with Gasteiger partial charge in [-0.1, -0.05) is 31.5 Å². The monoisotopic (exact) mass is 410 g/mol. The summed E-state index contributed by atoms with van der Waals surface area (Å²) in [6.07, 6.45) is 0. The molecule has 0 aromatic heterocycles. The Balaban J connectivity index is 1.92. The van der Waals surface area contributed by atoms with Crippen molar-refractivity contribution >= 4 is 33.2 Å². The second-order valence-corrected chi connectivity index (χ2v) is 8.07. The third-order valence-electron chi connectivity index (χ3n) is 4.17. The molecule has 7 nitrogen and oxygen atoms in total. The van der Waals surface area contributed by atoms with Gasteiger partial charge in [0.2, 0.25) is 16.8 Å². The van der Waals surface area contributed by atoms with E-state index in [-0.39, 0.29) is 28.0 Å². The fourth-order valence-corrected chi connectivity index (χ4v) is 4.42. The smallest absolute Gasteiger partial charge is 0.259 e. The number of para-hydroxylation sites is 1. The number of rotatable bonds is 6. The molecule has 3 rings (SSSR count). The predicted molar refractivity (Wildman–Crippen MR) is 102 cm³/mol. The van der Waals surface area contributed by atoms with Crippen LogP contribution in [0.5, 0.6) is 11.5 Å². The van der Waals surface area contributed by atoms with Crippen molar-refractivity contribution in [3.63, 3.8) is 0 Å². The van der Waals surface area contributed by atoms with E-state index >= 15 is 0 Å². The van der Waals surface area contributed by atoms with Gasteiger partial charge in [-0.25, -0.2) is 8.42 Å². The molecule has 1 amide bonds. The van der Waals surface area contributed by atoms with Crippen LogP contribution in [0.2, 0.25) is 5.02 Å². The molecule has 9 heteroatoms. The molecule has 0 radical (unpaired) electrons. The Morgan fingerprint density at radius 2 is 1.93 bits per heavy atom. The zero-order valence-corrected chi connectivity index (χ0v) is 16.4. The van der Waals surface area contributed by atoms with E-state index in [9.17, 15) is 13.2 Å². The Hall–Kier alpha value is -2.29. The highest BCUT2D eigenvalue weighted by molar-refractivity contribution is 7.89. The van der Waals surface area contributed by atoms with Crippen LogP contribution < -0.4 is 14.8 Å². The molecule has 2 aromatic carbocycles. The maximum atomic E-state index is 12.7. The maximum Gasteiger partial charge on any atom is 0.259 e. The average molecular weight is 411 g/mol. The van der Waals surface area contributed by atoms with Crippen molar-refractivity contribution in [1.29, 1.82) is 0 Å². The van der Waals surface area contributed by atoms with E-state index in [1.165, 1.54) is 22.5 Å². The number of ether oxygens (including phenoxy) is 2. The van der Waals surface area contributed by atoms with Crippen LogP contribution in [-0.2, 0) is 10.0 Å². The third-order valence-corrected chi connectivity index (χ3v) is 6.55. The zero-order valence-electron chi connectivity index (χ0n) is 14.9. The van der Waals surface area contributed by atoms with E-state index in [1.807, 2.05) is 0 Å². The number of amides is 1. The predicted octanol–water partition coefficient (Wildman–Crippen LogP) is 3.35. The van der Waals surface area contributed by atoms with Crippen molar-refractivity contribution in [3.8, 4) is 11.5 Å². The van der Waals surface area contributed by atoms with Crippen LogP contribution in [0.15, 0.2) is 41.3 Å². The highest BCUT2D eigenvalue weighted by atomic mass is 35.5. The zero-order chi connectivity index (χ0) is 19.6. The minimum absolute atomic E-state index is 0.0397. The highest BCUT2D eigenvalue weighted by Crippen LogP contribution is 2.36. The van der Waals surface area contributed by atoms with E-state index in [0.29, 0.717) is 24.6 Å². The average Bonchev–Trinajstić information content (AvgIpc) is 3.12. The Bertz CT molecular complexity index is 974. The van der Waals surface area contributed by atoms with Crippen LogP contribution in [0.3, 0.4) is 0 Å². The topological polar surface area (TPSA) is 84.9 Å². The molecular weight excluding hydrogens is 392 g/mol. The number of nitrogens with zero attached hydrogens (tertiary/aromatic N) is 1. The summed E-state index contributed by atoms with van der Waals surface area (Å²) in [6, 6.07) is 9.18. The van der Waals surface area contributed by atoms with Crippen LogP contribution in [0, 0.1) is 0 Å². The van der Waals surface area contributed by atoms with Crippen molar-refractivity contribution in [3.05, 3.63) is 47.0 Å². The number of anilines is 1. The fourth-order valence-electron chi connectivity index (χ4n) is 2.77. The lowest BCUT2D eigenvalue weighted by Crippen LogP contribution is -2.30. The third kappa shape index (κ3) is 3.73. The molecule has 144 valence electrons.